The molecular weight excluding hydrogens is 352 g/mol. The maximum atomic E-state index is 12.6. The van der Waals surface area contributed by atoms with E-state index in [2.05, 4.69) is 25.5 Å². The molecule has 26 heavy (non-hydrogen) atoms. The Labute approximate surface area is 153 Å². The maximum Gasteiger partial charge on any atom is 0.414 e. The van der Waals surface area contributed by atoms with Gasteiger partial charge in [-0.25, -0.2) is 13.2 Å². The highest BCUT2D eigenvalue weighted by atomic mass is 32.2. The van der Waals surface area contributed by atoms with Crippen LogP contribution >= 0.6 is 0 Å². The van der Waals surface area contributed by atoms with Crippen LogP contribution in [-0.4, -0.2) is 27.7 Å². The summed E-state index contributed by atoms with van der Waals surface area (Å²) in [6, 6.07) is 13.5. The molecule has 0 aromatic heterocycles. The number of anilines is 2. The molecular formula is C19H22N2O4S. The number of carbonyl (C=O) groups is 1. The van der Waals surface area contributed by atoms with E-state index in [1.807, 2.05) is 12.1 Å². The van der Waals surface area contributed by atoms with Gasteiger partial charge >= 0.3 is 6.09 Å². The predicted octanol–water partition coefficient (Wildman–Crippen LogP) is 3.74. The topological polar surface area (TPSA) is 75.7 Å². The van der Waals surface area contributed by atoms with Gasteiger partial charge in [0.2, 0.25) is 0 Å². The van der Waals surface area contributed by atoms with Crippen molar-refractivity contribution in [1.29, 1.82) is 0 Å². The summed E-state index contributed by atoms with van der Waals surface area (Å²) >= 11 is 0. The monoisotopic (exact) mass is 374 g/mol. The molecule has 0 spiro atoms. The molecule has 0 radical (unpaired) electrons. The zero-order valence-electron chi connectivity index (χ0n) is 15.0. The Morgan fingerprint density at radius 1 is 1.00 bits per heavy atom. The second-order valence-electron chi connectivity index (χ2n) is 7.19. The van der Waals surface area contributed by atoms with Crippen LogP contribution in [0.4, 0.5) is 16.2 Å². The summed E-state index contributed by atoms with van der Waals surface area (Å²) in [6.07, 6.45) is -0.391. The number of hydrogen-bond donors (Lipinski definition) is 1. The lowest BCUT2D eigenvalue weighted by Crippen LogP contribution is -2.23. The summed E-state index contributed by atoms with van der Waals surface area (Å²) in [5.74, 6) is 0. The molecule has 0 aliphatic carbocycles. The van der Waals surface area contributed by atoms with Crippen molar-refractivity contribution in [2.45, 2.75) is 31.1 Å². The molecule has 0 bridgehead atoms. The largest absolute Gasteiger partial charge is 0.447 e. The third-order valence-corrected chi connectivity index (χ3v) is 5.62. The number of sulfonamides is 1. The van der Waals surface area contributed by atoms with Crippen molar-refractivity contribution in [2.24, 2.45) is 0 Å². The smallest absolute Gasteiger partial charge is 0.414 e. The molecule has 138 valence electrons. The van der Waals surface area contributed by atoms with E-state index in [4.69, 9.17) is 4.74 Å². The van der Waals surface area contributed by atoms with Gasteiger partial charge in [-0.15, -0.1) is 0 Å². The van der Waals surface area contributed by atoms with Crippen LogP contribution in [0.15, 0.2) is 53.4 Å². The van der Waals surface area contributed by atoms with Crippen molar-refractivity contribution in [3.63, 3.8) is 0 Å². The van der Waals surface area contributed by atoms with Crippen molar-refractivity contribution in [1.82, 2.24) is 0 Å². The van der Waals surface area contributed by atoms with Gasteiger partial charge in [0.25, 0.3) is 10.0 Å². The lowest BCUT2D eigenvalue weighted by Gasteiger charge is -2.19. The molecule has 0 saturated carbocycles. The van der Waals surface area contributed by atoms with Crippen molar-refractivity contribution >= 4 is 27.5 Å². The van der Waals surface area contributed by atoms with Crippen molar-refractivity contribution in [2.75, 3.05) is 22.8 Å². The van der Waals surface area contributed by atoms with Crippen LogP contribution in [-0.2, 0) is 20.2 Å². The Balaban J connectivity index is 1.76. The second-order valence-corrected chi connectivity index (χ2v) is 8.88. The van der Waals surface area contributed by atoms with Crippen LogP contribution in [0.3, 0.4) is 0 Å². The molecule has 2 aromatic carbocycles. The third-order valence-electron chi connectivity index (χ3n) is 4.22. The molecule has 1 saturated heterocycles. The standard InChI is InChI=1S/C19H22N2O4S/c1-19(2,3)14-4-10-17(11-5-14)26(23,24)20-15-6-8-16(9-7-15)21-12-13-25-18(21)22/h4-11,20H,12-13H2,1-3H3. The number of carbonyl (C=O) groups excluding carboxylic acids is 1. The number of benzene rings is 2. The van der Waals surface area contributed by atoms with Crippen molar-refractivity contribution < 1.29 is 17.9 Å². The number of hydrogen-bond acceptors (Lipinski definition) is 4. The van der Waals surface area contributed by atoms with Gasteiger partial charge in [0, 0.05) is 11.4 Å². The van der Waals surface area contributed by atoms with E-state index in [9.17, 15) is 13.2 Å². The summed E-state index contributed by atoms with van der Waals surface area (Å²) in [6.45, 7) is 7.08. The zero-order chi connectivity index (χ0) is 18.9. The van der Waals surface area contributed by atoms with Gasteiger partial charge in [0.15, 0.2) is 0 Å². The first-order chi connectivity index (χ1) is 12.2. The molecule has 0 atom stereocenters. The van der Waals surface area contributed by atoms with Crippen LogP contribution in [0.2, 0.25) is 0 Å². The van der Waals surface area contributed by atoms with Gasteiger partial charge < -0.3 is 4.74 Å². The first-order valence-electron chi connectivity index (χ1n) is 8.34. The van der Waals surface area contributed by atoms with Crippen LogP contribution in [0, 0.1) is 0 Å². The first-order valence-corrected chi connectivity index (χ1v) is 9.83. The molecule has 6 nitrogen and oxygen atoms in total. The van der Waals surface area contributed by atoms with Gasteiger partial charge in [-0.1, -0.05) is 32.9 Å². The van der Waals surface area contributed by atoms with Crippen LogP contribution in [0.1, 0.15) is 26.3 Å². The average molecular weight is 374 g/mol. The summed E-state index contributed by atoms with van der Waals surface area (Å²) < 4.78 is 32.6. The zero-order valence-corrected chi connectivity index (χ0v) is 15.8. The Bertz CT molecular complexity index is 898. The van der Waals surface area contributed by atoms with E-state index < -0.39 is 16.1 Å². The summed E-state index contributed by atoms with van der Waals surface area (Å²) in [5.41, 5.74) is 2.13. The van der Waals surface area contributed by atoms with E-state index >= 15 is 0 Å². The van der Waals surface area contributed by atoms with Gasteiger partial charge in [0.1, 0.15) is 6.61 Å². The number of cyclic esters (lactones) is 1. The summed E-state index contributed by atoms with van der Waals surface area (Å²) in [5, 5.41) is 0. The summed E-state index contributed by atoms with van der Waals surface area (Å²) in [7, 11) is -3.67. The van der Waals surface area contributed by atoms with Crippen LogP contribution in [0.5, 0.6) is 0 Å². The van der Waals surface area contributed by atoms with Crippen molar-refractivity contribution in [3.05, 3.63) is 54.1 Å². The van der Waals surface area contributed by atoms with Gasteiger partial charge in [0.05, 0.1) is 11.4 Å². The Hall–Kier alpha value is -2.54. The minimum atomic E-state index is -3.67. The lowest BCUT2D eigenvalue weighted by atomic mass is 9.87. The van der Waals surface area contributed by atoms with E-state index in [1.54, 1.807) is 36.4 Å². The minimum Gasteiger partial charge on any atom is -0.447 e. The molecule has 7 heteroatoms. The highest BCUT2D eigenvalue weighted by Crippen LogP contribution is 2.25. The highest BCUT2D eigenvalue weighted by Gasteiger charge is 2.23. The molecule has 0 unspecified atom stereocenters. The fourth-order valence-electron chi connectivity index (χ4n) is 2.69. The second kappa shape index (κ2) is 6.64. The molecule has 1 amide bonds. The Morgan fingerprint density at radius 3 is 2.12 bits per heavy atom. The first kappa shape index (κ1) is 18.3. The third kappa shape index (κ3) is 3.83. The number of rotatable bonds is 4. The maximum absolute atomic E-state index is 12.6. The van der Waals surface area contributed by atoms with Gasteiger partial charge in [-0.2, -0.15) is 0 Å². The Morgan fingerprint density at radius 2 is 1.62 bits per heavy atom. The van der Waals surface area contributed by atoms with Gasteiger partial charge in [-0.3, -0.25) is 9.62 Å². The Kier molecular flexibility index (Phi) is 4.66. The fraction of sp³-hybridized carbons (Fsp3) is 0.316. The molecule has 1 fully saturated rings. The number of nitrogens with zero attached hydrogens (tertiary/aromatic N) is 1. The quantitative estimate of drug-likeness (QED) is 0.884. The van der Waals surface area contributed by atoms with Crippen LogP contribution < -0.4 is 9.62 Å². The number of nitrogens with one attached hydrogen (secondary N) is 1. The number of ether oxygens (including phenoxy) is 1. The molecule has 3 rings (SSSR count). The van der Waals surface area contributed by atoms with Crippen LogP contribution in [0.25, 0.3) is 0 Å². The lowest BCUT2D eigenvalue weighted by molar-refractivity contribution is 0.181. The molecule has 1 heterocycles. The van der Waals surface area contributed by atoms with E-state index in [1.165, 1.54) is 4.90 Å². The molecule has 1 N–H and O–H groups in total. The predicted molar refractivity (Wildman–Crippen MR) is 101 cm³/mol. The SMILES string of the molecule is CC(C)(C)c1ccc(S(=O)(=O)Nc2ccc(N3CCOC3=O)cc2)cc1. The normalized spacial score (nSPS) is 15.0. The molecule has 1 aliphatic heterocycles. The van der Waals surface area contributed by atoms with E-state index in [0.717, 1.165) is 5.56 Å². The highest BCUT2D eigenvalue weighted by molar-refractivity contribution is 7.92. The van der Waals surface area contributed by atoms with E-state index in [0.29, 0.717) is 24.5 Å². The van der Waals surface area contributed by atoms with Crippen molar-refractivity contribution in [3.8, 4) is 0 Å². The molecule has 1 aliphatic rings. The molecule has 2 aromatic rings. The fourth-order valence-corrected chi connectivity index (χ4v) is 3.74. The van der Waals surface area contributed by atoms with Gasteiger partial charge in [-0.05, 0) is 47.4 Å². The average Bonchev–Trinajstić information content (AvgIpc) is 3.01. The summed E-state index contributed by atoms with van der Waals surface area (Å²) in [4.78, 5) is 13.3. The minimum absolute atomic E-state index is 0.0394. The van der Waals surface area contributed by atoms with E-state index in [-0.39, 0.29) is 10.3 Å². The number of amides is 1.